The lowest BCUT2D eigenvalue weighted by molar-refractivity contribution is -0.138. The number of benzene rings is 1. The lowest BCUT2D eigenvalue weighted by Gasteiger charge is -2.40. The predicted molar refractivity (Wildman–Crippen MR) is 126 cm³/mol. The number of hydrogen-bond acceptors (Lipinski definition) is 6. The molecule has 0 aliphatic carbocycles. The summed E-state index contributed by atoms with van der Waals surface area (Å²) < 4.78 is 40.2. The second kappa shape index (κ2) is 9.41. The molecule has 5 rings (SSSR count). The van der Waals surface area contributed by atoms with Crippen molar-refractivity contribution < 1.29 is 22.8 Å². The number of piperidine rings is 1. The van der Waals surface area contributed by atoms with E-state index in [1.165, 1.54) is 0 Å². The number of aromatic nitrogens is 3. The molecule has 2 aliphatic heterocycles. The number of fused-ring (bicyclic) bond motifs is 1. The number of primary amides is 1. The monoisotopic (exact) mass is 501 g/mol. The quantitative estimate of drug-likeness (QED) is 0.536. The van der Waals surface area contributed by atoms with Crippen molar-refractivity contribution in [1.29, 1.82) is 0 Å². The summed E-state index contributed by atoms with van der Waals surface area (Å²) in [4.78, 5) is 35.7. The van der Waals surface area contributed by atoms with Gasteiger partial charge in [0, 0.05) is 61.9 Å². The number of amides is 2. The van der Waals surface area contributed by atoms with Gasteiger partial charge in [-0.1, -0.05) is 6.07 Å². The van der Waals surface area contributed by atoms with Crippen molar-refractivity contribution in [3.63, 3.8) is 0 Å². The Morgan fingerprint density at radius 3 is 2.42 bits per heavy atom. The van der Waals surface area contributed by atoms with Gasteiger partial charge in [0.2, 0.25) is 17.8 Å². The smallest absolute Gasteiger partial charge is 0.366 e. The second-order valence-electron chi connectivity index (χ2n) is 9.31. The number of nitrogens with two attached hydrogens (primary N) is 1. The van der Waals surface area contributed by atoms with Crippen molar-refractivity contribution in [1.82, 2.24) is 24.8 Å². The molecule has 2 aliphatic rings. The minimum absolute atomic E-state index is 0.000819. The highest BCUT2D eigenvalue weighted by molar-refractivity contribution is 5.97. The molecule has 190 valence electrons. The van der Waals surface area contributed by atoms with Crippen LogP contribution in [-0.4, -0.2) is 70.0 Å². The summed E-state index contributed by atoms with van der Waals surface area (Å²) in [6.45, 7) is 2.85. The van der Waals surface area contributed by atoms with Gasteiger partial charge in [0.05, 0.1) is 18.2 Å². The molecule has 0 atom stereocenters. The van der Waals surface area contributed by atoms with Crippen molar-refractivity contribution in [2.24, 2.45) is 5.73 Å². The van der Waals surface area contributed by atoms with E-state index >= 15 is 0 Å². The third kappa shape index (κ3) is 4.99. The average Bonchev–Trinajstić information content (AvgIpc) is 3.24. The van der Waals surface area contributed by atoms with Crippen LogP contribution in [-0.2, 0) is 11.0 Å². The van der Waals surface area contributed by atoms with Gasteiger partial charge in [-0.05, 0) is 36.4 Å². The molecule has 2 aromatic heterocycles. The van der Waals surface area contributed by atoms with E-state index in [0.29, 0.717) is 38.0 Å². The summed E-state index contributed by atoms with van der Waals surface area (Å²) in [7, 11) is 0. The van der Waals surface area contributed by atoms with Gasteiger partial charge >= 0.3 is 6.18 Å². The first kappa shape index (κ1) is 24.0. The molecule has 0 unspecified atom stereocenters. The molecule has 1 aromatic carbocycles. The van der Waals surface area contributed by atoms with E-state index in [-0.39, 0.29) is 23.9 Å². The molecule has 9 nitrogen and oxygen atoms in total. The van der Waals surface area contributed by atoms with Crippen LogP contribution in [0.3, 0.4) is 0 Å². The molecule has 12 heteroatoms. The summed E-state index contributed by atoms with van der Waals surface area (Å²) >= 11 is 0. The minimum Gasteiger partial charge on any atom is -0.366 e. The van der Waals surface area contributed by atoms with Gasteiger partial charge in [-0.2, -0.15) is 13.2 Å². The maximum absolute atomic E-state index is 12.7. The average molecular weight is 502 g/mol. The number of halogens is 3. The number of carbonyl (C=O) groups is 2. The molecule has 36 heavy (non-hydrogen) atoms. The van der Waals surface area contributed by atoms with Gasteiger partial charge < -0.3 is 20.5 Å². The minimum atomic E-state index is -4.46. The van der Waals surface area contributed by atoms with Gasteiger partial charge in [-0.3, -0.25) is 14.5 Å². The Morgan fingerprint density at radius 1 is 1.08 bits per heavy atom. The first-order valence-corrected chi connectivity index (χ1v) is 11.7. The summed E-state index contributed by atoms with van der Waals surface area (Å²) in [5.74, 6) is -0.250. The lowest BCUT2D eigenvalue weighted by atomic mass is 10.0. The fourth-order valence-corrected chi connectivity index (χ4v) is 4.80. The molecule has 4 heterocycles. The SMILES string of the molecule is NC(=O)c1ccc2ccn(C3CN(CC(=O)NC4CCN(c5ncc(C(F)(F)F)cn5)CC4)C3)c2c1. The fraction of sp³-hybridized carbons (Fsp3) is 0.417. The Labute approximate surface area is 205 Å². The van der Waals surface area contributed by atoms with Crippen LogP contribution in [0.1, 0.15) is 34.8 Å². The van der Waals surface area contributed by atoms with Crippen LogP contribution in [0.4, 0.5) is 19.1 Å². The normalized spacial score (nSPS) is 17.8. The van der Waals surface area contributed by atoms with Crippen molar-refractivity contribution in [2.75, 3.05) is 37.6 Å². The van der Waals surface area contributed by atoms with Gasteiger partial charge in [0.15, 0.2) is 0 Å². The maximum Gasteiger partial charge on any atom is 0.419 e. The first-order chi connectivity index (χ1) is 17.2. The zero-order valence-corrected chi connectivity index (χ0v) is 19.4. The zero-order chi connectivity index (χ0) is 25.4. The van der Waals surface area contributed by atoms with Crippen molar-refractivity contribution in [3.8, 4) is 0 Å². The van der Waals surface area contributed by atoms with E-state index in [2.05, 4.69) is 24.8 Å². The Hall–Kier alpha value is -3.67. The number of nitrogens with one attached hydrogen (secondary N) is 1. The highest BCUT2D eigenvalue weighted by Gasteiger charge is 2.33. The molecular weight excluding hydrogens is 475 g/mol. The Bertz CT molecular complexity index is 1260. The lowest BCUT2D eigenvalue weighted by Crippen LogP contribution is -2.53. The van der Waals surface area contributed by atoms with Crippen LogP contribution in [0.2, 0.25) is 0 Å². The van der Waals surface area contributed by atoms with Crippen LogP contribution >= 0.6 is 0 Å². The molecule has 2 saturated heterocycles. The Balaban J connectivity index is 1.08. The molecule has 2 fully saturated rings. The molecule has 2 amide bonds. The van der Waals surface area contributed by atoms with Crippen molar-refractivity contribution in [3.05, 3.63) is 54.0 Å². The number of nitrogens with zero attached hydrogens (tertiary/aromatic N) is 5. The largest absolute Gasteiger partial charge is 0.419 e. The fourth-order valence-electron chi connectivity index (χ4n) is 4.80. The number of carbonyl (C=O) groups excluding carboxylic acids is 2. The molecule has 0 saturated carbocycles. The second-order valence-corrected chi connectivity index (χ2v) is 9.31. The number of alkyl halides is 3. The molecule has 0 bridgehead atoms. The summed E-state index contributed by atoms with van der Waals surface area (Å²) in [6, 6.07) is 7.61. The van der Waals surface area contributed by atoms with E-state index < -0.39 is 17.6 Å². The third-order valence-electron chi connectivity index (χ3n) is 6.81. The number of likely N-dealkylation sites (tertiary alicyclic amines) is 1. The predicted octanol–water partition coefficient (Wildman–Crippen LogP) is 2.19. The zero-order valence-electron chi connectivity index (χ0n) is 19.4. The summed E-state index contributed by atoms with van der Waals surface area (Å²) in [5, 5.41) is 4.09. The van der Waals surface area contributed by atoms with Crippen LogP contribution in [0.15, 0.2) is 42.9 Å². The number of rotatable bonds is 6. The Kier molecular flexibility index (Phi) is 6.29. The number of hydrogen-bond donors (Lipinski definition) is 2. The van der Waals surface area contributed by atoms with Crippen LogP contribution in [0.5, 0.6) is 0 Å². The molecule has 0 radical (unpaired) electrons. The topological polar surface area (TPSA) is 109 Å². The van der Waals surface area contributed by atoms with Gasteiger partial charge in [-0.15, -0.1) is 0 Å². The first-order valence-electron chi connectivity index (χ1n) is 11.7. The van der Waals surface area contributed by atoms with Crippen LogP contribution in [0, 0.1) is 0 Å². The van der Waals surface area contributed by atoms with Gasteiger partial charge in [0.1, 0.15) is 0 Å². The van der Waals surface area contributed by atoms with Gasteiger partial charge in [0.25, 0.3) is 0 Å². The van der Waals surface area contributed by atoms with E-state index in [4.69, 9.17) is 5.73 Å². The molecule has 3 aromatic rings. The maximum atomic E-state index is 12.7. The van der Waals surface area contributed by atoms with E-state index in [1.807, 2.05) is 23.2 Å². The van der Waals surface area contributed by atoms with Crippen molar-refractivity contribution >= 4 is 28.7 Å². The van der Waals surface area contributed by atoms with E-state index in [1.54, 1.807) is 12.1 Å². The highest BCUT2D eigenvalue weighted by atomic mass is 19.4. The van der Waals surface area contributed by atoms with Crippen molar-refractivity contribution in [2.45, 2.75) is 31.1 Å². The Morgan fingerprint density at radius 2 is 1.78 bits per heavy atom. The standard InChI is InChI=1S/C24H26F3N7O2/c25-24(26,27)17-10-29-23(30-11-17)33-6-4-18(5-7-33)31-21(35)14-32-12-19(13-32)34-8-3-15-1-2-16(22(28)36)9-20(15)34/h1-3,8-11,18-19H,4-7,12-14H2,(H2,28,36)(H,31,35). The molecule has 0 spiro atoms. The van der Waals surface area contributed by atoms with E-state index in [9.17, 15) is 22.8 Å². The molecule has 3 N–H and O–H groups in total. The third-order valence-corrected chi connectivity index (χ3v) is 6.81. The molecular formula is C24H26F3N7O2. The summed E-state index contributed by atoms with van der Waals surface area (Å²) in [6.07, 6.45) is 0.447. The number of anilines is 1. The van der Waals surface area contributed by atoms with E-state index in [0.717, 1.165) is 36.4 Å². The highest BCUT2D eigenvalue weighted by Crippen LogP contribution is 2.29. The van der Waals surface area contributed by atoms with Crippen LogP contribution in [0.25, 0.3) is 10.9 Å². The van der Waals surface area contributed by atoms with Crippen LogP contribution < -0.4 is 16.0 Å². The van der Waals surface area contributed by atoms with Gasteiger partial charge in [-0.25, -0.2) is 9.97 Å². The summed E-state index contributed by atoms with van der Waals surface area (Å²) in [5.41, 5.74) is 5.95.